The van der Waals surface area contributed by atoms with Crippen LogP contribution in [-0.2, 0) is 17.6 Å². The molecule has 0 amide bonds. The zero-order valence-corrected chi connectivity index (χ0v) is 10.0. The number of hydrogen-bond donors (Lipinski definition) is 1. The lowest BCUT2D eigenvalue weighted by molar-refractivity contribution is -0.137. The summed E-state index contributed by atoms with van der Waals surface area (Å²) in [5.74, 6) is -1.05. The van der Waals surface area contributed by atoms with Crippen LogP contribution in [0.1, 0.15) is 30.9 Å². The minimum absolute atomic E-state index is 0.0608. The molecule has 0 saturated heterocycles. The molecule has 0 bridgehead atoms. The van der Waals surface area contributed by atoms with Gasteiger partial charge in [0.05, 0.1) is 12.0 Å². The van der Waals surface area contributed by atoms with Gasteiger partial charge < -0.3 is 5.11 Å². The van der Waals surface area contributed by atoms with E-state index in [0.29, 0.717) is 12.8 Å². The largest absolute Gasteiger partial charge is 0.481 e. The van der Waals surface area contributed by atoms with Crippen LogP contribution < -0.4 is 0 Å². The minimum Gasteiger partial charge on any atom is -0.481 e. The van der Waals surface area contributed by atoms with Crippen LogP contribution in [0, 0.1) is 17.2 Å². The molecule has 1 rings (SSSR count). The molecule has 3 nitrogen and oxygen atoms in total. The number of nitriles is 1. The van der Waals surface area contributed by atoms with Gasteiger partial charge in [-0.1, -0.05) is 31.2 Å². The van der Waals surface area contributed by atoms with E-state index in [1.165, 1.54) is 5.56 Å². The van der Waals surface area contributed by atoms with E-state index in [9.17, 15) is 4.79 Å². The smallest absolute Gasteiger partial charge is 0.303 e. The summed E-state index contributed by atoms with van der Waals surface area (Å²) < 4.78 is 0. The minimum atomic E-state index is -0.841. The van der Waals surface area contributed by atoms with Crippen molar-refractivity contribution < 1.29 is 9.90 Å². The molecule has 0 spiro atoms. The topological polar surface area (TPSA) is 61.1 Å². The summed E-state index contributed by atoms with van der Waals surface area (Å²) in [6.45, 7) is 2.10. The standard InChI is InChI=1S/C14H17NO2/c1-2-11-3-5-12(6-4-11)9-13(10-15)7-8-14(16)17/h3-6,13H,2,7-9H2,1H3,(H,16,17). The van der Waals surface area contributed by atoms with E-state index in [1.54, 1.807) is 0 Å². The van der Waals surface area contributed by atoms with Crippen LogP contribution in [0.15, 0.2) is 24.3 Å². The van der Waals surface area contributed by atoms with Crippen molar-refractivity contribution in [2.24, 2.45) is 5.92 Å². The van der Waals surface area contributed by atoms with Gasteiger partial charge in [-0.2, -0.15) is 5.26 Å². The van der Waals surface area contributed by atoms with Crippen LogP contribution in [-0.4, -0.2) is 11.1 Å². The van der Waals surface area contributed by atoms with E-state index in [-0.39, 0.29) is 12.3 Å². The van der Waals surface area contributed by atoms with Gasteiger partial charge in [0.15, 0.2) is 0 Å². The molecule has 1 aromatic carbocycles. The lowest BCUT2D eigenvalue weighted by atomic mass is 9.95. The molecule has 3 heteroatoms. The van der Waals surface area contributed by atoms with Gasteiger partial charge in [-0.15, -0.1) is 0 Å². The Hall–Kier alpha value is -1.82. The number of aryl methyl sites for hydroxylation is 1. The van der Waals surface area contributed by atoms with Crippen LogP contribution in [0.2, 0.25) is 0 Å². The molecule has 1 atom stereocenters. The van der Waals surface area contributed by atoms with Crippen molar-refractivity contribution in [2.75, 3.05) is 0 Å². The molecule has 0 radical (unpaired) electrons. The second kappa shape index (κ2) is 6.70. The Kier molecular flexibility index (Phi) is 5.22. The van der Waals surface area contributed by atoms with Gasteiger partial charge in [0.25, 0.3) is 0 Å². The van der Waals surface area contributed by atoms with E-state index in [0.717, 1.165) is 12.0 Å². The summed E-state index contributed by atoms with van der Waals surface area (Å²) >= 11 is 0. The highest BCUT2D eigenvalue weighted by atomic mass is 16.4. The van der Waals surface area contributed by atoms with E-state index >= 15 is 0 Å². The molecule has 1 unspecified atom stereocenters. The van der Waals surface area contributed by atoms with Gasteiger partial charge in [-0.05, 0) is 30.4 Å². The molecular weight excluding hydrogens is 214 g/mol. The Morgan fingerprint density at radius 3 is 2.41 bits per heavy atom. The zero-order valence-electron chi connectivity index (χ0n) is 10.0. The fourth-order valence-corrected chi connectivity index (χ4v) is 1.71. The number of benzene rings is 1. The van der Waals surface area contributed by atoms with Crippen LogP contribution in [0.5, 0.6) is 0 Å². The van der Waals surface area contributed by atoms with Crippen LogP contribution in [0.25, 0.3) is 0 Å². The second-order valence-corrected chi connectivity index (χ2v) is 4.13. The molecule has 0 heterocycles. The highest BCUT2D eigenvalue weighted by Gasteiger charge is 2.10. The maximum atomic E-state index is 10.4. The lowest BCUT2D eigenvalue weighted by Gasteiger charge is -2.08. The normalized spacial score (nSPS) is 11.8. The number of carbonyl (C=O) groups is 1. The van der Waals surface area contributed by atoms with Crippen LogP contribution in [0.3, 0.4) is 0 Å². The van der Waals surface area contributed by atoms with Gasteiger partial charge in [0.1, 0.15) is 0 Å². The predicted molar refractivity (Wildman–Crippen MR) is 65.5 cm³/mol. The Balaban J connectivity index is 2.55. The Bertz CT molecular complexity index is 403. The van der Waals surface area contributed by atoms with E-state index in [2.05, 4.69) is 25.1 Å². The number of carboxylic acid groups (broad SMARTS) is 1. The quantitative estimate of drug-likeness (QED) is 0.818. The molecule has 0 fully saturated rings. The zero-order chi connectivity index (χ0) is 12.7. The molecular formula is C14H17NO2. The first-order valence-corrected chi connectivity index (χ1v) is 5.85. The van der Waals surface area contributed by atoms with Gasteiger partial charge in [-0.3, -0.25) is 4.79 Å². The average Bonchev–Trinajstić information content (AvgIpc) is 2.35. The third-order valence-corrected chi connectivity index (χ3v) is 2.80. The van der Waals surface area contributed by atoms with Gasteiger partial charge in [-0.25, -0.2) is 0 Å². The summed E-state index contributed by atoms with van der Waals surface area (Å²) in [7, 11) is 0. The Morgan fingerprint density at radius 1 is 1.35 bits per heavy atom. The molecule has 17 heavy (non-hydrogen) atoms. The van der Waals surface area contributed by atoms with Crippen molar-refractivity contribution in [3.63, 3.8) is 0 Å². The molecule has 1 N–H and O–H groups in total. The van der Waals surface area contributed by atoms with Crippen molar-refractivity contribution in [2.45, 2.75) is 32.6 Å². The maximum absolute atomic E-state index is 10.4. The fraction of sp³-hybridized carbons (Fsp3) is 0.429. The van der Waals surface area contributed by atoms with Gasteiger partial charge in [0, 0.05) is 6.42 Å². The van der Waals surface area contributed by atoms with Crippen molar-refractivity contribution in [1.82, 2.24) is 0 Å². The summed E-state index contributed by atoms with van der Waals surface area (Å²) in [4.78, 5) is 10.4. The van der Waals surface area contributed by atoms with E-state index in [4.69, 9.17) is 10.4 Å². The van der Waals surface area contributed by atoms with Crippen molar-refractivity contribution in [1.29, 1.82) is 5.26 Å². The SMILES string of the molecule is CCc1ccc(CC(C#N)CCC(=O)O)cc1. The van der Waals surface area contributed by atoms with Crippen LogP contribution >= 0.6 is 0 Å². The first-order chi connectivity index (χ1) is 8.15. The fourth-order valence-electron chi connectivity index (χ4n) is 1.71. The number of nitrogens with zero attached hydrogens (tertiary/aromatic N) is 1. The summed E-state index contributed by atoms with van der Waals surface area (Å²) in [6.07, 6.45) is 2.11. The summed E-state index contributed by atoms with van der Waals surface area (Å²) in [5, 5.41) is 17.5. The summed E-state index contributed by atoms with van der Waals surface area (Å²) in [5.41, 5.74) is 2.37. The van der Waals surface area contributed by atoms with Crippen molar-refractivity contribution in [3.05, 3.63) is 35.4 Å². The number of rotatable bonds is 6. The third kappa shape index (κ3) is 4.69. The van der Waals surface area contributed by atoms with Crippen LogP contribution in [0.4, 0.5) is 0 Å². The Labute approximate surface area is 102 Å². The molecule has 0 aromatic heterocycles. The number of hydrogen-bond acceptors (Lipinski definition) is 2. The molecule has 0 aliphatic rings. The predicted octanol–water partition coefficient (Wildman–Crippen LogP) is 2.80. The van der Waals surface area contributed by atoms with Crippen molar-refractivity contribution >= 4 is 5.97 Å². The third-order valence-electron chi connectivity index (χ3n) is 2.80. The lowest BCUT2D eigenvalue weighted by Crippen LogP contribution is -2.05. The molecule has 0 aliphatic heterocycles. The highest BCUT2D eigenvalue weighted by Crippen LogP contribution is 2.14. The monoisotopic (exact) mass is 231 g/mol. The van der Waals surface area contributed by atoms with Crippen molar-refractivity contribution in [3.8, 4) is 6.07 Å². The highest BCUT2D eigenvalue weighted by molar-refractivity contribution is 5.66. The maximum Gasteiger partial charge on any atom is 0.303 e. The Morgan fingerprint density at radius 2 is 1.94 bits per heavy atom. The van der Waals surface area contributed by atoms with E-state index < -0.39 is 5.97 Å². The first-order valence-electron chi connectivity index (χ1n) is 5.85. The molecule has 1 aromatic rings. The number of carboxylic acids is 1. The second-order valence-electron chi connectivity index (χ2n) is 4.13. The van der Waals surface area contributed by atoms with Gasteiger partial charge in [0.2, 0.25) is 0 Å². The molecule has 90 valence electrons. The first kappa shape index (κ1) is 13.2. The summed E-state index contributed by atoms with van der Waals surface area (Å²) in [6, 6.07) is 10.3. The van der Waals surface area contributed by atoms with Gasteiger partial charge >= 0.3 is 5.97 Å². The average molecular weight is 231 g/mol. The van der Waals surface area contributed by atoms with E-state index in [1.807, 2.05) is 12.1 Å². The molecule has 0 aliphatic carbocycles. The number of aliphatic carboxylic acids is 1. The molecule has 0 saturated carbocycles.